The summed E-state index contributed by atoms with van der Waals surface area (Å²) < 4.78 is 1.69. The molecule has 2 rings (SSSR count). The van der Waals surface area contributed by atoms with Crippen LogP contribution in [0.2, 0.25) is 10.4 Å². The van der Waals surface area contributed by atoms with Gasteiger partial charge in [0.15, 0.2) is 10.8 Å². The molecule has 0 atom stereocenters. The third-order valence-electron chi connectivity index (χ3n) is 1.95. The van der Waals surface area contributed by atoms with Crippen LogP contribution in [0.3, 0.4) is 0 Å². The number of aromatic nitrogens is 4. The minimum absolute atomic E-state index is 0.0648. The summed E-state index contributed by atoms with van der Waals surface area (Å²) >= 11 is 11.6. The zero-order chi connectivity index (χ0) is 11.9. The van der Waals surface area contributed by atoms with E-state index < -0.39 is 5.60 Å². The third-order valence-corrected chi connectivity index (χ3v) is 2.38. The molecule has 0 radical (unpaired) electrons. The van der Waals surface area contributed by atoms with Crippen molar-refractivity contribution in [3.05, 3.63) is 16.8 Å². The van der Waals surface area contributed by atoms with E-state index in [1.807, 2.05) is 0 Å². The molecule has 0 amide bonds. The Morgan fingerprint density at radius 1 is 1.38 bits per heavy atom. The molecule has 0 spiro atoms. The summed E-state index contributed by atoms with van der Waals surface area (Å²) in [6, 6.07) is 0. The van der Waals surface area contributed by atoms with Gasteiger partial charge in [0.25, 0.3) is 0 Å². The summed E-state index contributed by atoms with van der Waals surface area (Å²) in [6.45, 7) is 3.75. The second kappa shape index (κ2) is 3.84. The number of fused-ring (bicyclic) bond motifs is 1. The molecular formula is C9H10Cl2N4O. The first-order valence-electron chi connectivity index (χ1n) is 4.63. The Morgan fingerprint density at radius 2 is 2.06 bits per heavy atom. The van der Waals surface area contributed by atoms with Gasteiger partial charge >= 0.3 is 0 Å². The molecule has 2 aromatic heterocycles. The number of imidazole rings is 1. The van der Waals surface area contributed by atoms with Crippen molar-refractivity contribution >= 4 is 34.4 Å². The molecule has 86 valence electrons. The molecule has 0 aliphatic heterocycles. The minimum atomic E-state index is -0.864. The van der Waals surface area contributed by atoms with Crippen molar-refractivity contribution in [2.24, 2.45) is 0 Å². The quantitative estimate of drug-likeness (QED) is 0.662. The topological polar surface area (TPSA) is 63.8 Å². The summed E-state index contributed by atoms with van der Waals surface area (Å²) in [7, 11) is 0. The van der Waals surface area contributed by atoms with E-state index in [0.29, 0.717) is 17.7 Å². The summed E-state index contributed by atoms with van der Waals surface area (Å²) in [4.78, 5) is 11.9. The van der Waals surface area contributed by atoms with Gasteiger partial charge in [0.2, 0.25) is 5.28 Å². The van der Waals surface area contributed by atoms with E-state index in [-0.39, 0.29) is 10.4 Å². The van der Waals surface area contributed by atoms with E-state index in [0.717, 1.165) is 0 Å². The van der Waals surface area contributed by atoms with Gasteiger partial charge in [-0.15, -0.1) is 0 Å². The van der Waals surface area contributed by atoms with Crippen molar-refractivity contribution in [1.29, 1.82) is 0 Å². The van der Waals surface area contributed by atoms with E-state index in [4.69, 9.17) is 23.2 Å². The number of halogens is 2. The van der Waals surface area contributed by atoms with Crippen LogP contribution in [0.25, 0.3) is 11.2 Å². The molecule has 0 aliphatic carbocycles. The Kier molecular flexibility index (Phi) is 2.77. The van der Waals surface area contributed by atoms with Gasteiger partial charge in [-0.3, -0.25) is 0 Å². The predicted molar refractivity (Wildman–Crippen MR) is 61.6 cm³/mol. The van der Waals surface area contributed by atoms with Crippen LogP contribution in [0.5, 0.6) is 0 Å². The smallest absolute Gasteiger partial charge is 0.225 e. The highest BCUT2D eigenvalue weighted by atomic mass is 35.5. The van der Waals surface area contributed by atoms with Crippen LogP contribution < -0.4 is 0 Å². The molecule has 0 aromatic carbocycles. The molecule has 7 heteroatoms. The van der Waals surface area contributed by atoms with Gasteiger partial charge in [0.05, 0.1) is 18.5 Å². The third kappa shape index (κ3) is 2.26. The molecule has 5 nitrogen and oxygen atoms in total. The molecule has 0 fully saturated rings. The Labute approximate surface area is 102 Å². The Balaban J connectivity index is 2.56. The van der Waals surface area contributed by atoms with Gasteiger partial charge in [-0.2, -0.15) is 4.98 Å². The van der Waals surface area contributed by atoms with Crippen molar-refractivity contribution in [3.8, 4) is 0 Å². The highest BCUT2D eigenvalue weighted by molar-refractivity contribution is 6.35. The van der Waals surface area contributed by atoms with Crippen LogP contribution in [-0.4, -0.2) is 30.2 Å². The molecule has 1 N–H and O–H groups in total. The standard InChI is InChI=1S/C9H10Cl2N4O/c1-9(2,16)3-15-4-12-5-6(10)13-8(11)14-7(5)15/h4,16H,3H2,1-2H3. The van der Waals surface area contributed by atoms with Gasteiger partial charge in [-0.1, -0.05) is 11.6 Å². The molecule has 0 bridgehead atoms. The lowest BCUT2D eigenvalue weighted by molar-refractivity contribution is 0.0625. The van der Waals surface area contributed by atoms with Gasteiger partial charge in [0, 0.05) is 0 Å². The number of hydrogen-bond donors (Lipinski definition) is 1. The van der Waals surface area contributed by atoms with Crippen molar-refractivity contribution in [1.82, 2.24) is 19.5 Å². The van der Waals surface area contributed by atoms with Crippen molar-refractivity contribution < 1.29 is 5.11 Å². The van der Waals surface area contributed by atoms with Crippen molar-refractivity contribution in [2.45, 2.75) is 26.0 Å². The number of rotatable bonds is 2. The van der Waals surface area contributed by atoms with Crippen molar-refractivity contribution in [2.75, 3.05) is 0 Å². The average Bonchev–Trinajstić information content (AvgIpc) is 2.46. The van der Waals surface area contributed by atoms with Gasteiger partial charge in [-0.25, -0.2) is 9.97 Å². The highest BCUT2D eigenvalue weighted by Crippen LogP contribution is 2.21. The molecule has 2 aromatic rings. The first kappa shape index (κ1) is 11.6. The zero-order valence-corrected chi connectivity index (χ0v) is 10.3. The molecular weight excluding hydrogens is 251 g/mol. The molecule has 0 saturated heterocycles. The fourth-order valence-electron chi connectivity index (χ4n) is 1.42. The monoisotopic (exact) mass is 260 g/mol. The molecule has 16 heavy (non-hydrogen) atoms. The van der Waals surface area contributed by atoms with Crippen molar-refractivity contribution in [3.63, 3.8) is 0 Å². The van der Waals surface area contributed by atoms with E-state index >= 15 is 0 Å². The van der Waals surface area contributed by atoms with Gasteiger partial charge in [0.1, 0.15) is 5.52 Å². The maximum absolute atomic E-state index is 9.73. The lowest BCUT2D eigenvalue weighted by Crippen LogP contribution is -2.25. The van der Waals surface area contributed by atoms with Gasteiger partial charge in [-0.05, 0) is 25.4 Å². The van der Waals surface area contributed by atoms with Crippen LogP contribution in [-0.2, 0) is 6.54 Å². The lowest BCUT2D eigenvalue weighted by Gasteiger charge is -2.17. The first-order chi connectivity index (χ1) is 7.37. The Bertz CT molecular complexity index is 532. The first-order valence-corrected chi connectivity index (χ1v) is 5.39. The number of hydrogen-bond acceptors (Lipinski definition) is 4. The fraction of sp³-hybridized carbons (Fsp3) is 0.444. The number of aliphatic hydroxyl groups is 1. The zero-order valence-electron chi connectivity index (χ0n) is 8.78. The second-order valence-corrected chi connectivity index (χ2v) is 4.84. The minimum Gasteiger partial charge on any atom is -0.389 e. The number of nitrogens with zero attached hydrogens (tertiary/aromatic N) is 4. The SMILES string of the molecule is CC(C)(O)Cn1cnc2c(Cl)nc(Cl)nc21. The Hall–Kier alpha value is -0.910. The molecule has 0 aliphatic rings. The largest absolute Gasteiger partial charge is 0.389 e. The van der Waals surface area contributed by atoms with E-state index in [9.17, 15) is 5.11 Å². The van der Waals surface area contributed by atoms with Crippen LogP contribution in [0.1, 0.15) is 13.8 Å². The summed E-state index contributed by atoms with van der Waals surface area (Å²) in [5.41, 5.74) is 0.139. The predicted octanol–water partition coefficient (Wildman–Crippen LogP) is 1.90. The summed E-state index contributed by atoms with van der Waals surface area (Å²) in [5, 5.41) is 10.0. The maximum atomic E-state index is 9.73. The van der Waals surface area contributed by atoms with Crippen LogP contribution >= 0.6 is 23.2 Å². The molecule has 0 saturated carbocycles. The normalized spacial score (nSPS) is 12.3. The molecule has 0 unspecified atom stereocenters. The van der Waals surface area contributed by atoms with Crippen LogP contribution in [0.15, 0.2) is 6.33 Å². The fourth-order valence-corrected chi connectivity index (χ4v) is 1.84. The Morgan fingerprint density at radius 3 is 2.69 bits per heavy atom. The van der Waals surface area contributed by atoms with E-state index in [1.54, 1.807) is 24.7 Å². The summed E-state index contributed by atoms with van der Waals surface area (Å²) in [5.74, 6) is 0. The van der Waals surface area contributed by atoms with E-state index in [2.05, 4.69) is 15.0 Å². The van der Waals surface area contributed by atoms with Gasteiger partial charge < -0.3 is 9.67 Å². The summed E-state index contributed by atoms with van der Waals surface area (Å²) in [6.07, 6.45) is 1.56. The molecule has 2 heterocycles. The van der Waals surface area contributed by atoms with Crippen LogP contribution in [0, 0.1) is 0 Å². The highest BCUT2D eigenvalue weighted by Gasteiger charge is 2.17. The van der Waals surface area contributed by atoms with Crippen LogP contribution in [0.4, 0.5) is 0 Å². The average molecular weight is 261 g/mol. The lowest BCUT2D eigenvalue weighted by atomic mass is 10.1. The second-order valence-electron chi connectivity index (χ2n) is 4.14. The maximum Gasteiger partial charge on any atom is 0.225 e. The van der Waals surface area contributed by atoms with E-state index in [1.165, 1.54) is 0 Å².